The standard InChI is InChI=1S/C20H22N6O2/c1-11(28)23-16(9-27)13-6-4-5-12(7-13)15-8-14-18-17(22-10-26(18)3)20(21-2)25-19(14)24-15/h4-8,10,16,27H,9H2,1-3H3,(H,23,28)(H2,21,24,25)/t16-/m0/s1. The number of rotatable bonds is 5. The second kappa shape index (κ2) is 6.97. The number of aryl methyl sites for hydroxylation is 1. The van der Waals surface area contributed by atoms with E-state index in [2.05, 4.69) is 31.7 Å². The molecule has 144 valence electrons. The predicted octanol–water partition coefficient (Wildman–Crippen LogP) is 2.33. The minimum absolute atomic E-state index is 0.168. The molecule has 1 atom stereocenters. The molecule has 4 rings (SSSR count). The van der Waals surface area contributed by atoms with E-state index in [1.807, 2.05) is 42.9 Å². The number of fused-ring (bicyclic) bond motifs is 3. The Labute approximate surface area is 161 Å². The lowest BCUT2D eigenvalue weighted by Crippen LogP contribution is -2.28. The highest BCUT2D eigenvalue weighted by atomic mass is 16.3. The minimum Gasteiger partial charge on any atom is -0.394 e. The van der Waals surface area contributed by atoms with Crippen molar-refractivity contribution in [3.05, 3.63) is 42.2 Å². The lowest BCUT2D eigenvalue weighted by atomic mass is 10.0. The van der Waals surface area contributed by atoms with E-state index < -0.39 is 6.04 Å². The molecule has 1 aromatic carbocycles. The number of anilines is 1. The van der Waals surface area contributed by atoms with Gasteiger partial charge in [0.2, 0.25) is 5.91 Å². The average Bonchev–Trinajstić information content (AvgIpc) is 3.29. The molecule has 0 saturated carbocycles. The van der Waals surface area contributed by atoms with Crippen molar-refractivity contribution in [1.29, 1.82) is 0 Å². The molecule has 8 heteroatoms. The Balaban J connectivity index is 1.84. The zero-order valence-corrected chi connectivity index (χ0v) is 15.9. The molecule has 0 bridgehead atoms. The van der Waals surface area contributed by atoms with Gasteiger partial charge in [-0.05, 0) is 23.3 Å². The summed E-state index contributed by atoms with van der Waals surface area (Å²) >= 11 is 0. The number of aromatic nitrogens is 4. The van der Waals surface area contributed by atoms with E-state index in [1.165, 1.54) is 6.92 Å². The molecule has 0 fully saturated rings. The molecule has 1 amide bonds. The van der Waals surface area contributed by atoms with Crippen molar-refractivity contribution in [3.8, 4) is 11.3 Å². The SMILES string of the molecule is CNc1nc2[nH]c(-c3cccc([C@H](CO)NC(C)=O)c3)cc2c2c1ncn2C. The molecule has 0 saturated heterocycles. The maximum absolute atomic E-state index is 11.4. The second-order valence-corrected chi connectivity index (χ2v) is 6.77. The summed E-state index contributed by atoms with van der Waals surface area (Å²) in [6.45, 7) is 1.27. The predicted molar refractivity (Wildman–Crippen MR) is 109 cm³/mol. The van der Waals surface area contributed by atoms with Crippen LogP contribution >= 0.6 is 0 Å². The van der Waals surface area contributed by atoms with Crippen molar-refractivity contribution in [1.82, 2.24) is 24.8 Å². The summed E-state index contributed by atoms with van der Waals surface area (Å²) < 4.78 is 1.98. The molecule has 0 aliphatic heterocycles. The number of nitrogens with zero attached hydrogens (tertiary/aromatic N) is 3. The van der Waals surface area contributed by atoms with Crippen LogP contribution in [0.4, 0.5) is 5.82 Å². The summed E-state index contributed by atoms with van der Waals surface area (Å²) in [7, 11) is 3.79. The summed E-state index contributed by atoms with van der Waals surface area (Å²) in [5.41, 5.74) is 5.27. The molecular formula is C20H22N6O2. The summed E-state index contributed by atoms with van der Waals surface area (Å²) in [6.07, 6.45) is 1.78. The molecule has 0 aliphatic carbocycles. The highest BCUT2D eigenvalue weighted by molar-refractivity contribution is 6.07. The van der Waals surface area contributed by atoms with Gasteiger partial charge < -0.3 is 25.3 Å². The topological polar surface area (TPSA) is 108 Å². The number of hydrogen-bond acceptors (Lipinski definition) is 5. The van der Waals surface area contributed by atoms with Crippen LogP contribution in [-0.4, -0.2) is 44.2 Å². The lowest BCUT2D eigenvalue weighted by molar-refractivity contribution is -0.120. The van der Waals surface area contributed by atoms with Crippen LogP contribution in [0.15, 0.2) is 36.7 Å². The molecule has 4 N–H and O–H groups in total. The van der Waals surface area contributed by atoms with Crippen LogP contribution in [0.1, 0.15) is 18.5 Å². The molecule has 3 heterocycles. The van der Waals surface area contributed by atoms with Crippen molar-refractivity contribution >= 4 is 33.8 Å². The van der Waals surface area contributed by atoms with Crippen LogP contribution in [0.3, 0.4) is 0 Å². The third kappa shape index (κ3) is 2.97. The quantitative estimate of drug-likeness (QED) is 0.426. The number of pyridine rings is 1. The molecule has 0 radical (unpaired) electrons. The van der Waals surface area contributed by atoms with Crippen molar-refractivity contribution in [3.63, 3.8) is 0 Å². The molecular weight excluding hydrogens is 356 g/mol. The molecule has 4 aromatic rings. The summed E-state index contributed by atoms with van der Waals surface area (Å²) in [6, 6.07) is 9.35. The van der Waals surface area contributed by atoms with Crippen molar-refractivity contribution in [2.24, 2.45) is 7.05 Å². The number of aliphatic hydroxyl groups excluding tert-OH is 1. The van der Waals surface area contributed by atoms with Gasteiger partial charge in [-0.1, -0.05) is 18.2 Å². The molecule has 0 spiro atoms. The zero-order chi connectivity index (χ0) is 19.8. The Morgan fingerprint density at radius 3 is 2.89 bits per heavy atom. The van der Waals surface area contributed by atoms with Crippen molar-refractivity contribution in [2.45, 2.75) is 13.0 Å². The van der Waals surface area contributed by atoms with E-state index in [-0.39, 0.29) is 12.5 Å². The van der Waals surface area contributed by atoms with E-state index in [1.54, 1.807) is 6.33 Å². The maximum Gasteiger partial charge on any atom is 0.217 e. The van der Waals surface area contributed by atoms with Gasteiger partial charge in [0.25, 0.3) is 0 Å². The largest absolute Gasteiger partial charge is 0.394 e. The van der Waals surface area contributed by atoms with E-state index >= 15 is 0 Å². The smallest absolute Gasteiger partial charge is 0.217 e. The number of aliphatic hydroxyl groups is 1. The molecule has 0 aliphatic rings. The first-order valence-electron chi connectivity index (χ1n) is 9.01. The van der Waals surface area contributed by atoms with E-state index in [4.69, 9.17) is 0 Å². The summed E-state index contributed by atoms with van der Waals surface area (Å²) in [4.78, 5) is 23.9. The molecule has 3 aromatic heterocycles. The fourth-order valence-electron chi connectivity index (χ4n) is 3.53. The Bertz CT molecular complexity index is 1180. The van der Waals surface area contributed by atoms with E-state index in [0.29, 0.717) is 0 Å². The maximum atomic E-state index is 11.4. The Kier molecular flexibility index (Phi) is 4.48. The number of aromatic amines is 1. The molecule has 0 unspecified atom stereocenters. The Morgan fingerprint density at radius 2 is 2.18 bits per heavy atom. The monoisotopic (exact) mass is 378 g/mol. The highest BCUT2D eigenvalue weighted by Gasteiger charge is 2.16. The van der Waals surface area contributed by atoms with Crippen molar-refractivity contribution < 1.29 is 9.90 Å². The minimum atomic E-state index is -0.445. The number of nitrogens with one attached hydrogen (secondary N) is 3. The number of benzene rings is 1. The van der Waals surface area contributed by atoms with Crippen LogP contribution in [0.25, 0.3) is 33.3 Å². The van der Waals surface area contributed by atoms with Crippen molar-refractivity contribution in [2.75, 3.05) is 19.0 Å². The van der Waals surface area contributed by atoms with Crippen LogP contribution < -0.4 is 10.6 Å². The number of H-pyrrole nitrogens is 1. The van der Waals surface area contributed by atoms with Gasteiger partial charge in [0, 0.05) is 32.1 Å². The van der Waals surface area contributed by atoms with Gasteiger partial charge in [0.05, 0.1) is 24.5 Å². The lowest BCUT2D eigenvalue weighted by Gasteiger charge is -2.16. The number of hydrogen-bond donors (Lipinski definition) is 4. The number of carbonyl (C=O) groups is 1. The van der Waals surface area contributed by atoms with Gasteiger partial charge in [-0.3, -0.25) is 4.79 Å². The van der Waals surface area contributed by atoms with Crippen LogP contribution in [0.2, 0.25) is 0 Å². The third-order valence-electron chi connectivity index (χ3n) is 4.83. The fourth-order valence-corrected chi connectivity index (χ4v) is 3.53. The van der Waals surface area contributed by atoms with Gasteiger partial charge in [-0.15, -0.1) is 0 Å². The van der Waals surface area contributed by atoms with Gasteiger partial charge in [-0.25, -0.2) is 9.97 Å². The van der Waals surface area contributed by atoms with Gasteiger partial charge >= 0.3 is 0 Å². The highest BCUT2D eigenvalue weighted by Crippen LogP contribution is 2.32. The van der Waals surface area contributed by atoms with Gasteiger partial charge in [-0.2, -0.15) is 0 Å². The number of imidazole rings is 1. The van der Waals surface area contributed by atoms with E-state index in [9.17, 15) is 9.90 Å². The van der Waals surface area contributed by atoms with Gasteiger partial charge in [0.15, 0.2) is 5.82 Å². The first-order valence-corrected chi connectivity index (χ1v) is 9.01. The first-order chi connectivity index (χ1) is 13.5. The zero-order valence-electron chi connectivity index (χ0n) is 15.9. The third-order valence-corrected chi connectivity index (χ3v) is 4.83. The second-order valence-electron chi connectivity index (χ2n) is 6.77. The van der Waals surface area contributed by atoms with Crippen LogP contribution in [-0.2, 0) is 11.8 Å². The fraction of sp³-hybridized carbons (Fsp3) is 0.250. The molecule has 28 heavy (non-hydrogen) atoms. The van der Waals surface area contributed by atoms with Crippen LogP contribution in [0.5, 0.6) is 0 Å². The van der Waals surface area contributed by atoms with E-state index in [0.717, 1.165) is 44.7 Å². The normalized spacial score (nSPS) is 12.4. The Morgan fingerprint density at radius 1 is 1.36 bits per heavy atom. The summed E-state index contributed by atoms with van der Waals surface area (Å²) in [5, 5.41) is 16.5. The first kappa shape index (κ1) is 18.0. The van der Waals surface area contributed by atoms with Gasteiger partial charge in [0.1, 0.15) is 11.2 Å². The number of amides is 1. The van der Waals surface area contributed by atoms with Crippen LogP contribution in [0, 0.1) is 0 Å². The average molecular weight is 378 g/mol. The summed E-state index contributed by atoms with van der Waals surface area (Å²) in [5.74, 6) is 0.536. The Hall–Kier alpha value is -3.39. The number of carbonyl (C=O) groups excluding carboxylic acids is 1. The molecule has 8 nitrogen and oxygen atoms in total.